The summed E-state index contributed by atoms with van der Waals surface area (Å²) in [5.41, 5.74) is -0.0564. The fourth-order valence-electron chi connectivity index (χ4n) is 3.59. The minimum absolute atomic E-state index is 0.0743. The lowest BCUT2D eigenvalue weighted by molar-refractivity contribution is -0.116. The Kier molecular flexibility index (Phi) is 5.80. The van der Waals surface area contributed by atoms with Gasteiger partial charge in [0.15, 0.2) is 10.8 Å². The molecule has 4 rings (SSSR count). The molecule has 2 aromatic heterocycles. The van der Waals surface area contributed by atoms with Crippen LogP contribution in [0.3, 0.4) is 0 Å². The third kappa shape index (κ3) is 3.93. The van der Waals surface area contributed by atoms with Gasteiger partial charge in [0, 0.05) is 25.3 Å². The first-order chi connectivity index (χ1) is 14.6. The van der Waals surface area contributed by atoms with Gasteiger partial charge in [0.1, 0.15) is 11.2 Å². The van der Waals surface area contributed by atoms with E-state index in [1.165, 1.54) is 28.4 Å². The molecule has 0 atom stereocenters. The van der Waals surface area contributed by atoms with Crippen molar-refractivity contribution in [3.05, 3.63) is 63.8 Å². The molecule has 3 aromatic rings. The van der Waals surface area contributed by atoms with Crippen LogP contribution in [0.5, 0.6) is 0 Å². The second kappa shape index (κ2) is 8.66. The van der Waals surface area contributed by atoms with Crippen molar-refractivity contribution in [3.63, 3.8) is 0 Å². The summed E-state index contributed by atoms with van der Waals surface area (Å²) in [5, 5.41) is 3.49. The number of aromatic nitrogens is 3. The molecule has 1 N–H and O–H groups in total. The lowest BCUT2D eigenvalue weighted by Crippen LogP contribution is -2.41. The first-order valence-electron chi connectivity index (χ1n) is 9.93. The van der Waals surface area contributed by atoms with Gasteiger partial charge in [-0.1, -0.05) is 35.6 Å². The van der Waals surface area contributed by atoms with Crippen molar-refractivity contribution in [2.75, 3.05) is 23.3 Å². The summed E-state index contributed by atoms with van der Waals surface area (Å²) in [4.78, 5) is 45.3. The number of fused-ring (bicyclic) bond motifs is 1. The minimum atomic E-state index is -0.564. The van der Waals surface area contributed by atoms with E-state index in [0.717, 1.165) is 35.6 Å². The SMILES string of the molecule is C=CCn1c(=O)c2sc(N3CCCCC3)nc2n(CC(=O)Nc2ccccc2)c1=O. The first-order valence-corrected chi connectivity index (χ1v) is 10.7. The van der Waals surface area contributed by atoms with Gasteiger partial charge in [-0.2, -0.15) is 0 Å². The molecule has 1 aliphatic rings. The summed E-state index contributed by atoms with van der Waals surface area (Å²) in [7, 11) is 0. The number of para-hydroxylation sites is 1. The Morgan fingerprint density at radius 1 is 1.13 bits per heavy atom. The highest BCUT2D eigenvalue weighted by Gasteiger charge is 2.22. The highest BCUT2D eigenvalue weighted by molar-refractivity contribution is 7.22. The predicted octanol–water partition coefficient (Wildman–Crippen LogP) is 2.43. The van der Waals surface area contributed by atoms with E-state index >= 15 is 0 Å². The number of anilines is 2. The molecule has 0 radical (unpaired) electrons. The van der Waals surface area contributed by atoms with E-state index in [4.69, 9.17) is 0 Å². The van der Waals surface area contributed by atoms with Crippen molar-refractivity contribution in [1.82, 2.24) is 14.1 Å². The molecule has 1 amide bonds. The number of allylic oxidation sites excluding steroid dienone is 1. The van der Waals surface area contributed by atoms with Crippen LogP contribution >= 0.6 is 11.3 Å². The zero-order valence-corrected chi connectivity index (χ0v) is 17.4. The van der Waals surface area contributed by atoms with Crippen molar-refractivity contribution in [2.45, 2.75) is 32.4 Å². The summed E-state index contributed by atoms with van der Waals surface area (Å²) in [6, 6.07) is 9.02. The molecule has 0 bridgehead atoms. The normalized spacial score (nSPS) is 14.1. The van der Waals surface area contributed by atoms with Gasteiger partial charge in [-0.15, -0.1) is 6.58 Å². The van der Waals surface area contributed by atoms with Gasteiger partial charge < -0.3 is 10.2 Å². The summed E-state index contributed by atoms with van der Waals surface area (Å²) < 4.78 is 2.76. The van der Waals surface area contributed by atoms with Crippen LogP contribution < -0.4 is 21.5 Å². The number of hydrogen-bond acceptors (Lipinski definition) is 6. The largest absolute Gasteiger partial charge is 0.348 e. The van der Waals surface area contributed by atoms with E-state index in [1.807, 2.05) is 18.2 Å². The molecule has 8 nitrogen and oxygen atoms in total. The highest BCUT2D eigenvalue weighted by atomic mass is 32.1. The number of amides is 1. The monoisotopic (exact) mass is 425 g/mol. The van der Waals surface area contributed by atoms with Gasteiger partial charge in [0.2, 0.25) is 5.91 Å². The molecular formula is C21H23N5O3S. The van der Waals surface area contributed by atoms with Gasteiger partial charge in [0.25, 0.3) is 5.56 Å². The van der Waals surface area contributed by atoms with E-state index in [9.17, 15) is 14.4 Å². The third-order valence-electron chi connectivity index (χ3n) is 5.05. The smallest absolute Gasteiger partial charge is 0.333 e. The van der Waals surface area contributed by atoms with Gasteiger partial charge in [-0.05, 0) is 31.4 Å². The molecule has 0 unspecified atom stereocenters. The highest BCUT2D eigenvalue weighted by Crippen LogP contribution is 2.28. The van der Waals surface area contributed by atoms with E-state index in [1.54, 1.807) is 12.1 Å². The lowest BCUT2D eigenvalue weighted by atomic mass is 10.1. The summed E-state index contributed by atoms with van der Waals surface area (Å²) in [6.45, 7) is 5.23. The van der Waals surface area contributed by atoms with Crippen LogP contribution in [-0.4, -0.2) is 33.1 Å². The second-order valence-electron chi connectivity index (χ2n) is 7.18. The van der Waals surface area contributed by atoms with Gasteiger partial charge in [-0.3, -0.25) is 18.7 Å². The number of nitrogens with zero attached hydrogens (tertiary/aromatic N) is 4. The quantitative estimate of drug-likeness (QED) is 0.613. The van der Waals surface area contributed by atoms with Crippen LogP contribution in [-0.2, 0) is 17.9 Å². The van der Waals surface area contributed by atoms with Gasteiger partial charge in [-0.25, -0.2) is 9.78 Å². The average Bonchev–Trinajstić information content (AvgIpc) is 3.21. The number of rotatable bonds is 6. The molecule has 0 spiro atoms. The molecule has 30 heavy (non-hydrogen) atoms. The van der Waals surface area contributed by atoms with Crippen LogP contribution in [0.25, 0.3) is 10.3 Å². The maximum atomic E-state index is 13.0. The standard InChI is InChI=1S/C21H23N5O3S/c1-2-11-25-19(28)17-18(23-20(30-17)24-12-7-4-8-13-24)26(21(25)29)14-16(27)22-15-9-5-3-6-10-15/h2-3,5-6,9-10H,1,4,7-8,11-14H2,(H,22,27). The van der Waals surface area contributed by atoms with Crippen molar-refractivity contribution in [1.29, 1.82) is 0 Å². The Morgan fingerprint density at radius 3 is 2.57 bits per heavy atom. The maximum Gasteiger partial charge on any atom is 0.333 e. The maximum absolute atomic E-state index is 13.0. The Labute approximate surface area is 177 Å². The van der Waals surface area contributed by atoms with Crippen molar-refractivity contribution < 1.29 is 4.79 Å². The van der Waals surface area contributed by atoms with E-state index < -0.39 is 11.2 Å². The number of piperidine rings is 1. The third-order valence-corrected chi connectivity index (χ3v) is 6.15. The summed E-state index contributed by atoms with van der Waals surface area (Å²) in [6.07, 6.45) is 4.82. The average molecular weight is 426 g/mol. The summed E-state index contributed by atoms with van der Waals surface area (Å²) >= 11 is 1.28. The Bertz CT molecular complexity index is 1190. The molecule has 3 heterocycles. The van der Waals surface area contributed by atoms with Gasteiger partial charge in [0.05, 0.1) is 0 Å². The fourth-order valence-corrected chi connectivity index (χ4v) is 4.66. The van der Waals surface area contributed by atoms with Crippen molar-refractivity contribution in [2.24, 2.45) is 0 Å². The molecule has 1 fully saturated rings. The van der Waals surface area contributed by atoms with Crippen LogP contribution in [0.1, 0.15) is 19.3 Å². The Hall–Kier alpha value is -3.20. The first kappa shape index (κ1) is 20.1. The Balaban J connectivity index is 1.76. The van der Waals surface area contributed by atoms with Crippen LogP contribution in [0, 0.1) is 0 Å². The molecule has 0 saturated carbocycles. The van der Waals surface area contributed by atoms with Crippen LogP contribution in [0.2, 0.25) is 0 Å². The van der Waals surface area contributed by atoms with E-state index in [-0.39, 0.29) is 24.6 Å². The van der Waals surface area contributed by atoms with Crippen LogP contribution in [0.15, 0.2) is 52.6 Å². The number of hydrogen-bond donors (Lipinski definition) is 1. The van der Waals surface area contributed by atoms with Crippen LogP contribution in [0.4, 0.5) is 10.8 Å². The number of benzene rings is 1. The van der Waals surface area contributed by atoms with E-state index in [2.05, 4.69) is 21.8 Å². The number of carbonyl (C=O) groups is 1. The molecule has 1 saturated heterocycles. The summed E-state index contributed by atoms with van der Waals surface area (Å²) in [5.74, 6) is -0.360. The van der Waals surface area contributed by atoms with Crippen molar-refractivity contribution in [3.8, 4) is 0 Å². The molecule has 1 aliphatic heterocycles. The molecule has 9 heteroatoms. The zero-order valence-electron chi connectivity index (χ0n) is 16.5. The lowest BCUT2D eigenvalue weighted by Gasteiger charge is -2.25. The molecular weight excluding hydrogens is 402 g/mol. The number of carbonyl (C=O) groups excluding carboxylic acids is 1. The second-order valence-corrected chi connectivity index (χ2v) is 8.16. The number of nitrogens with one attached hydrogen (secondary N) is 1. The van der Waals surface area contributed by atoms with Gasteiger partial charge >= 0.3 is 5.69 Å². The molecule has 156 valence electrons. The van der Waals surface area contributed by atoms with Crippen molar-refractivity contribution >= 4 is 38.4 Å². The molecule has 0 aliphatic carbocycles. The Morgan fingerprint density at radius 2 is 1.87 bits per heavy atom. The number of thiazole rings is 1. The minimum Gasteiger partial charge on any atom is -0.348 e. The predicted molar refractivity (Wildman–Crippen MR) is 119 cm³/mol. The molecule has 1 aromatic carbocycles. The fraction of sp³-hybridized carbons (Fsp3) is 0.333. The topological polar surface area (TPSA) is 89.2 Å². The van der Waals surface area contributed by atoms with E-state index in [0.29, 0.717) is 10.4 Å². The zero-order chi connectivity index (χ0) is 21.1.